The largest absolute Gasteiger partial charge is 0.444 e. The van der Waals surface area contributed by atoms with Crippen LogP contribution in [0.15, 0.2) is 42.5 Å². The van der Waals surface area contributed by atoms with Gasteiger partial charge in [-0.15, -0.1) is 0 Å². The second-order valence-electron chi connectivity index (χ2n) is 8.19. The number of nitrogens with one attached hydrogen (secondary N) is 1. The van der Waals surface area contributed by atoms with E-state index in [-0.39, 0.29) is 0 Å². The maximum atomic E-state index is 12.7. The summed E-state index contributed by atoms with van der Waals surface area (Å²) in [7, 11) is 0. The molecule has 4 nitrogen and oxygen atoms in total. The molecule has 0 saturated carbocycles. The predicted octanol–water partition coefficient (Wildman–Crippen LogP) is 6.01. The van der Waals surface area contributed by atoms with Crippen LogP contribution in [0.1, 0.15) is 43.9 Å². The molecule has 1 N–H and O–H groups in total. The van der Waals surface area contributed by atoms with Crippen molar-refractivity contribution in [2.75, 3.05) is 16.8 Å². The number of hydrogen-bond donors (Lipinski definition) is 1. The number of carbonyl (C=O) groups is 1. The Balaban J connectivity index is 1.71. The van der Waals surface area contributed by atoms with Gasteiger partial charge in [-0.3, -0.25) is 5.32 Å². The number of ether oxygens (including phenoxy) is 1. The zero-order valence-electron chi connectivity index (χ0n) is 16.8. The molecule has 29 heavy (non-hydrogen) atoms. The van der Waals surface area contributed by atoms with Gasteiger partial charge < -0.3 is 9.64 Å². The summed E-state index contributed by atoms with van der Waals surface area (Å²) in [6, 6.07) is 11.0. The first-order chi connectivity index (χ1) is 13.5. The highest BCUT2D eigenvalue weighted by Crippen LogP contribution is 2.32. The average molecular weight is 406 g/mol. The van der Waals surface area contributed by atoms with Gasteiger partial charge in [0.05, 0.1) is 5.56 Å². The van der Waals surface area contributed by atoms with Gasteiger partial charge in [-0.05, 0) is 75.1 Å². The van der Waals surface area contributed by atoms with Gasteiger partial charge >= 0.3 is 12.3 Å². The van der Waals surface area contributed by atoms with Crippen LogP contribution in [0.4, 0.5) is 29.3 Å². The van der Waals surface area contributed by atoms with Crippen LogP contribution in [0.5, 0.6) is 0 Å². The molecule has 0 saturated heterocycles. The monoisotopic (exact) mass is 406 g/mol. The molecule has 0 aliphatic carbocycles. The summed E-state index contributed by atoms with van der Waals surface area (Å²) in [6.45, 7) is 6.77. The number of anilines is 2. The van der Waals surface area contributed by atoms with Gasteiger partial charge in [-0.25, -0.2) is 4.79 Å². The lowest BCUT2D eigenvalue weighted by Gasteiger charge is -2.32. The van der Waals surface area contributed by atoms with Gasteiger partial charge in [-0.1, -0.05) is 12.1 Å². The van der Waals surface area contributed by atoms with E-state index in [0.717, 1.165) is 48.3 Å². The lowest BCUT2D eigenvalue weighted by Crippen LogP contribution is -2.29. The van der Waals surface area contributed by atoms with Crippen molar-refractivity contribution in [1.29, 1.82) is 0 Å². The van der Waals surface area contributed by atoms with Gasteiger partial charge in [0, 0.05) is 24.5 Å². The second-order valence-corrected chi connectivity index (χ2v) is 8.19. The zero-order valence-corrected chi connectivity index (χ0v) is 16.8. The maximum Gasteiger partial charge on any atom is 0.416 e. The maximum absolute atomic E-state index is 12.7. The SMILES string of the molecule is CC(C)(C)OC(=O)Nc1ccc2c(c1)CCCN2Cc1ccc(C(F)(F)F)cc1. The van der Waals surface area contributed by atoms with Crippen LogP contribution in [0.2, 0.25) is 0 Å². The first kappa shape index (κ1) is 21.0. The quantitative estimate of drug-likeness (QED) is 0.679. The summed E-state index contributed by atoms with van der Waals surface area (Å²) in [6.07, 6.45) is -3.02. The predicted molar refractivity (Wildman–Crippen MR) is 107 cm³/mol. The summed E-state index contributed by atoms with van der Waals surface area (Å²) in [4.78, 5) is 14.1. The Labute approximate surface area is 168 Å². The molecule has 0 fully saturated rings. The standard InChI is InChI=1S/C22H25F3N2O2/c1-21(2,3)29-20(28)26-18-10-11-19-16(13-18)5-4-12-27(19)14-15-6-8-17(9-7-15)22(23,24)25/h6-11,13H,4-5,12,14H2,1-3H3,(H,26,28). The number of benzene rings is 2. The van der Waals surface area contributed by atoms with Crippen molar-refractivity contribution in [3.05, 3.63) is 59.2 Å². The van der Waals surface area contributed by atoms with Gasteiger partial charge in [-0.2, -0.15) is 13.2 Å². The Hall–Kier alpha value is -2.70. The molecule has 0 bridgehead atoms. The van der Waals surface area contributed by atoms with Crippen molar-refractivity contribution in [3.63, 3.8) is 0 Å². The minimum absolute atomic E-state index is 0.505. The van der Waals surface area contributed by atoms with Crippen LogP contribution < -0.4 is 10.2 Å². The summed E-state index contributed by atoms with van der Waals surface area (Å²) >= 11 is 0. The van der Waals surface area contributed by atoms with E-state index in [4.69, 9.17) is 4.74 Å². The number of amides is 1. The smallest absolute Gasteiger partial charge is 0.416 e. The fourth-order valence-corrected chi connectivity index (χ4v) is 3.36. The summed E-state index contributed by atoms with van der Waals surface area (Å²) in [5.41, 5.74) is 2.40. The van der Waals surface area contributed by atoms with E-state index in [1.807, 2.05) is 18.2 Å². The molecule has 0 radical (unpaired) electrons. The van der Waals surface area contributed by atoms with Crippen molar-refractivity contribution in [3.8, 4) is 0 Å². The van der Waals surface area contributed by atoms with E-state index in [0.29, 0.717) is 12.2 Å². The van der Waals surface area contributed by atoms with Crippen LogP contribution in [0.25, 0.3) is 0 Å². The highest BCUT2D eigenvalue weighted by atomic mass is 19.4. The topological polar surface area (TPSA) is 41.6 Å². The van der Waals surface area contributed by atoms with E-state index >= 15 is 0 Å². The average Bonchev–Trinajstić information content (AvgIpc) is 2.60. The molecular weight excluding hydrogens is 381 g/mol. The van der Waals surface area contributed by atoms with Crippen molar-refractivity contribution in [1.82, 2.24) is 0 Å². The molecule has 0 spiro atoms. The number of aryl methyl sites for hydroxylation is 1. The van der Waals surface area contributed by atoms with E-state index in [2.05, 4.69) is 10.2 Å². The third kappa shape index (κ3) is 5.65. The van der Waals surface area contributed by atoms with Gasteiger partial charge in [0.15, 0.2) is 0 Å². The molecule has 1 aliphatic rings. The third-order valence-corrected chi connectivity index (χ3v) is 4.59. The summed E-state index contributed by atoms with van der Waals surface area (Å²) < 4.78 is 43.5. The van der Waals surface area contributed by atoms with Gasteiger partial charge in [0.2, 0.25) is 0 Å². The van der Waals surface area contributed by atoms with Crippen molar-refractivity contribution in [2.45, 2.75) is 51.9 Å². The molecule has 156 valence electrons. The van der Waals surface area contributed by atoms with Crippen LogP contribution in [-0.4, -0.2) is 18.2 Å². The molecule has 0 aromatic heterocycles. The number of nitrogens with zero attached hydrogens (tertiary/aromatic N) is 1. The number of fused-ring (bicyclic) bond motifs is 1. The molecule has 2 aromatic carbocycles. The first-order valence-corrected chi connectivity index (χ1v) is 9.55. The molecule has 0 unspecified atom stereocenters. The molecule has 1 aliphatic heterocycles. The Kier molecular flexibility index (Phi) is 5.78. The molecule has 2 aromatic rings. The fourth-order valence-electron chi connectivity index (χ4n) is 3.36. The number of halogens is 3. The number of carbonyl (C=O) groups excluding carboxylic acids is 1. The highest BCUT2D eigenvalue weighted by molar-refractivity contribution is 5.85. The summed E-state index contributed by atoms with van der Waals surface area (Å²) in [5, 5.41) is 2.75. The molecule has 0 atom stereocenters. The first-order valence-electron chi connectivity index (χ1n) is 9.55. The highest BCUT2D eigenvalue weighted by Gasteiger charge is 2.30. The Morgan fingerprint density at radius 2 is 1.79 bits per heavy atom. The number of alkyl halides is 3. The zero-order chi connectivity index (χ0) is 21.2. The molecule has 1 heterocycles. The molecular formula is C22H25F3N2O2. The Bertz CT molecular complexity index is 871. The summed E-state index contributed by atoms with van der Waals surface area (Å²) in [5.74, 6) is 0. The van der Waals surface area contributed by atoms with Crippen molar-refractivity contribution >= 4 is 17.5 Å². The number of rotatable bonds is 3. The lowest BCUT2D eigenvalue weighted by molar-refractivity contribution is -0.137. The fraction of sp³-hybridized carbons (Fsp3) is 0.409. The minimum Gasteiger partial charge on any atom is -0.444 e. The minimum atomic E-state index is -4.33. The van der Waals surface area contributed by atoms with Crippen molar-refractivity contribution in [2.24, 2.45) is 0 Å². The van der Waals surface area contributed by atoms with Crippen LogP contribution in [0, 0.1) is 0 Å². The van der Waals surface area contributed by atoms with E-state index < -0.39 is 23.4 Å². The van der Waals surface area contributed by atoms with Gasteiger partial charge in [0.1, 0.15) is 5.60 Å². The Morgan fingerprint density at radius 3 is 2.41 bits per heavy atom. The molecule has 3 rings (SSSR count). The second kappa shape index (κ2) is 7.97. The van der Waals surface area contributed by atoms with Crippen LogP contribution in [0.3, 0.4) is 0 Å². The van der Waals surface area contributed by atoms with Crippen LogP contribution in [-0.2, 0) is 23.9 Å². The van der Waals surface area contributed by atoms with E-state index in [1.165, 1.54) is 12.1 Å². The molecule has 1 amide bonds. The van der Waals surface area contributed by atoms with Crippen molar-refractivity contribution < 1.29 is 22.7 Å². The van der Waals surface area contributed by atoms with E-state index in [1.54, 1.807) is 20.8 Å². The molecule has 7 heteroatoms. The number of hydrogen-bond acceptors (Lipinski definition) is 3. The Morgan fingerprint density at radius 1 is 1.10 bits per heavy atom. The third-order valence-electron chi connectivity index (χ3n) is 4.59. The normalized spacial score (nSPS) is 14.3. The van der Waals surface area contributed by atoms with Gasteiger partial charge in [0.25, 0.3) is 0 Å². The lowest BCUT2D eigenvalue weighted by atomic mass is 10.00. The van der Waals surface area contributed by atoms with E-state index in [9.17, 15) is 18.0 Å². The van der Waals surface area contributed by atoms with Crippen LogP contribution >= 0.6 is 0 Å².